The third-order valence-electron chi connectivity index (χ3n) is 4.69. The highest BCUT2D eigenvalue weighted by atomic mass is 16.6. The summed E-state index contributed by atoms with van der Waals surface area (Å²) in [6.45, 7) is 1.76. The molecule has 1 unspecified atom stereocenters. The Morgan fingerprint density at radius 1 is 1.26 bits per heavy atom. The third kappa shape index (κ3) is 7.68. The van der Waals surface area contributed by atoms with Crippen LogP contribution in [0.5, 0.6) is 0 Å². The number of hydrogen-bond donors (Lipinski definition) is 8. The Morgan fingerprint density at radius 3 is 2.35 bits per heavy atom. The molecule has 0 aromatic heterocycles. The maximum atomic E-state index is 12.5. The molecular formula is C17H30N4O10. The molecule has 1 rings (SSSR count). The lowest BCUT2D eigenvalue weighted by molar-refractivity contribution is -0.221. The Balaban J connectivity index is 2.97. The number of aliphatic carboxylic acids is 2. The van der Waals surface area contributed by atoms with Gasteiger partial charge in [0.15, 0.2) is 6.10 Å². The van der Waals surface area contributed by atoms with Gasteiger partial charge in [-0.05, 0) is 20.3 Å². The Labute approximate surface area is 179 Å². The Kier molecular flexibility index (Phi) is 9.54. The number of amides is 2. The average molecular weight is 451 g/mol. The molecule has 0 aliphatic carbocycles. The van der Waals surface area contributed by atoms with Crippen LogP contribution in [0, 0.1) is 0 Å². The maximum absolute atomic E-state index is 12.5. The molecule has 1 saturated heterocycles. The average Bonchev–Trinajstić information content (AvgIpc) is 2.72. The van der Waals surface area contributed by atoms with Crippen LogP contribution in [-0.2, 0) is 28.7 Å². The molecule has 14 nitrogen and oxygen atoms in total. The van der Waals surface area contributed by atoms with Crippen molar-refractivity contribution in [3.63, 3.8) is 0 Å². The van der Waals surface area contributed by atoms with Gasteiger partial charge in [-0.25, -0.2) is 4.79 Å². The minimum Gasteiger partial charge on any atom is -0.481 e. The second kappa shape index (κ2) is 11.9. The van der Waals surface area contributed by atoms with Crippen molar-refractivity contribution in [2.45, 2.75) is 75.5 Å². The first-order chi connectivity index (χ1) is 14.8. The summed E-state index contributed by atoms with van der Waals surface area (Å²) in [5, 5.41) is 40.5. The van der Waals surface area contributed by atoms with Gasteiger partial charge in [0.05, 0.1) is 18.7 Å². The van der Waals surface area contributed by atoms with Crippen LogP contribution < -0.4 is 22.1 Å². The lowest BCUT2D eigenvalue weighted by Gasteiger charge is -2.44. The van der Waals surface area contributed by atoms with Crippen LogP contribution in [0.4, 0.5) is 0 Å². The number of carbonyl (C=O) groups excluding carboxylic acids is 2. The van der Waals surface area contributed by atoms with Crippen molar-refractivity contribution in [3.8, 4) is 0 Å². The molecule has 0 aromatic carbocycles. The minimum atomic E-state index is -1.51. The summed E-state index contributed by atoms with van der Waals surface area (Å²) in [4.78, 5) is 45.8. The maximum Gasteiger partial charge on any atom is 0.332 e. The van der Waals surface area contributed by atoms with Crippen molar-refractivity contribution in [2.24, 2.45) is 11.5 Å². The van der Waals surface area contributed by atoms with Crippen LogP contribution >= 0.6 is 0 Å². The molecular weight excluding hydrogens is 420 g/mol. The number of hydrogen-bond acceptors (Lipinski definition) is 10. The number of ether oxygens (including phenoxy) is 2. The van der Waals surface area contributed by atoms with Gasteiger partial charge in [-0.3, -0.25) is 19.7 Å². The van der Waals surface area contributed by atoms with Crippen molar-refractivity contribution < 1.29 is 50.5 Å². The van der Waals surface area contributed by atoms with E-state index in [4.69, 9.17) is 32.6 Å². The molecule has 0 spiro atoms. The van der Waals surface area contributed by atoms with Gasteiger partial charge < -0.3 is 46.7 Å². The van der Waals surface area contributed by atoms with E-state index in [-0.39, 0.29) is 6.42 Å². The van der Waals surface area contributed by atoms with Crippen LogP contribution in [0.2, 0.25) is 1.41 Å². The topological polar surface area (TPSA) is 244 Å². The molecule has 0 radical (unpaired) electrons. The van der Waals surface area contributed by atoms with E-state index in [1.807, 2.05) is 0 Å². The van der Waals surface area contributed by atoms with E-state index in [2.05, 4.69) is 5.32 Å². The van der Waals surface area contributed by atoms with Crippen LogP contribution in [0.25, 0.3) is 0 Å². The summed E-state index contributed by atoms with van der Waals surface area (Å²) in [7, 11) is 0. The predicted molar refractivity (Wildman–Crippen MR) is 102 cm³/mol. The predicted octanol–water partition coefficient (Wildman–Crippen LogP) is -3.94. The molecule has 178 valence electrons. The van der Waals surface area contributed by atoms with E-state index in [1.54, 1.807) is 0 Å². The number of aliphatic hydroxyl groups excluding tert-OH is 2. The molecule has 1 heterocycles. The van der Waals surface area contributed by atoms with Gasteiger partial charge >= 0.3 is 11.9 Å². The number of carboxylic acid groups (broad SMARTS) is 2. The number of carbonyl (C=O) groups is 4. The number of carboxylic acids is 2. The fraction of sp³-hybridized carbons (Fsp3) is 0.765. The highest BCUT2D eigenvalue weighted by Gasteiger charge is 2.46. The van der Waals surface area contributed by atoms with E-state index in [0.29, 0.717) is 5.31 Å². The van der Waals surface area contributed by atoms with E-state index in [9.17, 15) is 29.4 Å². The van der Waals surface area contributed by atoms with E-state index >= 15 is 0 Å². The zero-order valence-corrected chi connectivity index (χ0v) is 17.1. The van der Waals surface area contributed by atoms with Gasteiger partial charge in [-0.15, -0.1) is 0 Å². The van der Waals surface area contributed by atoms with Gasteiger partial charge in [-0.2, -0.15) is 0 Å². The standard InChI is InChI=1S/C17H30N4O10/c1-6(15(27)21-8(14(19)26)3-4-10(23)24)20-16-11(18)13(30-7(2)17(28)29)12(25)9(5-22)31-16/h6-9,11-13,16,20,22,25H,3-5,18H2,1-2H3,(H2,19,26)(H,21,27)(H,23,24)(H,28,29)/t6-,7+,8-,9+,11+,12+,13+,16?/m0/s1/i/hD. The fourth-order valence-electron chi connectivity index (χ4n) is 2.84. The molecule has 2 amide bonds. The number of primary amides is 1. The summed E-state index contributed by atoms with van der Waals surface area (Å²) in [5.74, 6) is -4.36. The second-order valence-electron chi connectivity index (χ2n) is 7.12. The molecule has 8 atom stereocenters. The lowest BCUT2D eigenvalue weighted by Crippen LogP contribution is -2.68. The van der Waals surface area contributed by atoms with Gasteiger partial charge in [0, 0.05) is 6.42 Å². The lowest BCUT2D eigenvalue weighted by atomic mass is 9.96. The third-order valence-corrected chi connectivity index (χ3v) is 4.69. The quantitative estimate of drug-likeness (QED) is 0.142. The molecule has 14 heteroatoms. The number of rotatable bonds is 12. The number of nitrogens with one attached hydrogen (secondary N) is 2. The number of nitrogens with two attached hydrogens (primary N) is 2. The zero-order chi connectivity index (χ0) is 24.7. The van der Waals surface area contributed by atoms with Crippen molar-refractivity contribution >= 4 is 23.8 Å². The first-order valence-corrected chi connectivity index (χ1v) is 9.48. The first kappa shape index (κ1) is 24.9. The number of aliphatic hydroxyl groups is 2. The normalized spacial score (nSPS) is 29.5. The molecule has 0 saturated carbocycles. The zero-order valence-electron chi connectivity index (χ0n) is 18.1. The summed E-state index contributed by atoms with van der Waals surface area (Å²) < 4.78 is 19.0. The van der Waals surface area contributed by atoms with Crippen LogP contribution in [-0.4, -0.2) is 99.6 Å². The van der Waals surface area contributed by atoms with E-state index < -0.39 is 85.5 Å². The largest absolute Gasteiger partial charge is 0.481 e. The Bertz CT molecular complexity index is 698. The van der Waals surface area contributed by atoms with Gasteiger partial charge in [0.2, 0.25) is 11.8 Å². The summed E-state index contributed by atoms with van der Waals surface area (Å²) >= 11 is 0. The Hall–Kier alpha value is -2.36. The molecule has 1 aliphatic heterocycles. The summed E-state index contributed by atoms with van der Waals surface area (Å²) in [6.07, 6.45) is -7.64. The van der Waals surface area contributed by atoms with E-state index in [0.717, 1.165) is 0 Å². The van der Waals surface area contributed by atoms with Crippen LogP contribution in [0.1, 0.15) is 26.7 Å². The second-order valence-corrected chi connectivity index (χ2v) is 7.12. The monoisotopic (exact) mass is 451 g/mol. The first-order valence-electron chi connectivity index (χ1n) is 9.93. The van der Waals surface area contributed by atoms with Crippen LogP contribution in [0.3, 0.4) is 0 Å². The van der Waals surface area contributed by atoms with Gasteiger partial charge in [-0.1, -0.05) is 0 Å². The van der Waals surface area contributed by atoms with Crippen molar-refractivity contribution in [1.29, 1.82) is 0 Å². The molecule has 10 N–H and O–H groups in total. The molecule has 31 heavy (non-hydrogen) atoms. The van der Waals surface area contributed by atoms with Crippen molar-refractivity contribution in [2.75, 3.05) is 6.61 Å². The summed E-state index contributed by atoms with van der Waals surface area (Å²) in [5.41, 5.74) is 11.2. The SMILES string of the molecule is [2H]N(C1O[C@H](CO)[C@@H](O)[C@H](O[C@H](C)C(=O)O)[C@H]1N)[C@@H](C)C(=O)N[C@@H](CCC(=O)O)C(N)=O. The van der Waals surface area contributed by atoms with Gasteiger partial charge in [0.1, 0.15) is 32.0 Å². The smallest absolute Gasteiger partial charge is 0.332 e. The minimum absolute atomic E-state index is 0.262. The van der Waals surface area contributed by atoms with Crippen LogP contribution in [0.15, 0.2) is 0 Å². The highest BCUT2D eigenvalue weighted by Crippen LogP contribution is 2.22. The van der Waals surface area contributed by atoms with Crippen molar-refractivity contribution in [1.82, 2.24) is 10.6 Å². The van der Waals surface area contributed by atoms with Gasteiger partial charge in [0.25, 0.3) is 0 Å². The summed E-state index contributed by atoms with van der Waals surface area (Å²) in [6, 6.07) is -3.92. The van der Waals surface area contributed by atoms with E-state index in [1.165, 1.54) is 13.8 Å². The molecule has 0 aromatic rings. The van der Waals surface area contributed by atoms with Crippen molar-refractivity contribution in [3.05, 3.63) is 0 Å². The molecule has 1 fully saturated rings. The molecule has 1 aliphatic rings. The molecule has 0 bridgehead atoms. The highest BCUT2D eigenvalue weighted by molar-refractivity contribution is 5.89. The fourth-order valence-corrected chi connectivity index (χ4v) is 2.84. The Morgan fingerprint density at radius 2 is 1.87 bits per heavy atom.